The average Bonchev–Trinajstić information content (AvgIpc) is 3.22. The third-order valence-corrected chi connectivity index (χ3v) is 5.61. The van der Waals surface area contributed by atoms with E-state index in [2.05, 4.69) is 32.2 Å². The number of rotatable bonds is 7. The second kappa shape index (κ2) is 10.4. The van der Waals surface area contributed by atoms with Gasteiger partial charge in [0.15, 0.2) is 23.2 Å². The number of guanidine groups is 1. The van der Waals surface area contributed by atoms with Crippen LogP contribution in [0.25, 0.3) is 5.65 Å². The maximum absolute atomic E-state index is 14.0. The highest BCUT2D eigenvalue weighted by Crippen LogP contribution is 2.19. The molecule has 2 aromatic heterocycles. The van der Waals surface area contributed by atoms with E-state index in [0.717, 1.165) is 68.7 Å². The first-order valence-electron chi connectivity index (χ1n) is 11.0. The number of fused-ring (bicyclic) bond motifs is 1. The number of piperazine rings is 1. The first-order chi connectivity index (χ1) is 15.7. The molecule has 4 rings (SSSR count). The molecule has 1 aromatic carbocycles. The van der Waals surface area contributed by atoms with Crippen molar-refractivity contribution >= 4 is 11.6 Å². The Morgan fingerprint density at radius 3 is 2.75 bits per heavy atom. The highest BCUT2D eigenvalue weighted by Gasteiger charge is 2.20. The number of ether oxygens (including phenoxy) is 1. The van der Waals surface area contributed by atoms with Gasteiger partial charge in [0.2, 0.25) is 0 Å². The molecule has 1 fully saturated rings. The molecular formula is C23H30FN7O. The smallest absolute Gasteiger partial charge is 0.194 e. The summed E-state index contributed by atoms with van der Waals surface area (Å²) in [6.07, 6.45) is 2.70. The van der Waals surface area contributed by atoms with Crippen LogP contribution in [0, 0.1) is 5.82 Å². The molecule has 3 aromatic rings. The molecule has 0 radical (unpaired) electrons. The summed E-state index contributed by atoms with van der Waals surface area (Å²) < 4.78 is 21.0. The van der Waals surface area contributed by atoms with Crippen LogP contribution in [0.3, 0.4) is 0 Å². The van der Waals surface area contributed by atoms with Gasteiger partial charge in [0.25, 0.3) is 0 Å². The number of aliphatic imine (C=N–C) groups is 1. The van der Waals surface area contributed by atoms with Crippen molar-refractivity contribution in [3.05, 3.63) is 59.8 Å². The van der Waals surface area contributed by atoms with E-state index in [0.29, 0.717) is 6.54 Å². The summed E-state index contributed by atoms with van der Waals surface area (Å²) in [5, 5.41) is 11.9. The summed E-state index contributed by atoms with van der Waals surface area (Å²) in [6.45, 7) is 7.80. The van der Waals surface area contributed by atoms with Crippen molar-refractivity contribution in [2.24, 2.45) is 4.99 Å². The second-order valence-corrected chi connectivity index (χ2v) is 7.76. The summed E-state index contributed by atoms with van der Waals surface area (Å²) in [4.78, 5) is 9.45. The first-order valence-corrected chi connectivity index (χ1v) is 11.0. The van der Waals surface area contributed by atoms with Crippen LogP contribution < -0.4 is 10.1 Å². The van der Waals surface area contributed by atoms with E-state index in [1.54, 1.807) is 12.1 Å². The van der Waals surface area contributed by atoms with Crippen LogP contribution in [-0.2, 0) is 13.0 Å². The summed E-state index contributed by atoms with van der Waals surface area (Å²) in [7, 11) is 1.48. The second-order valence-electron chi connectivity index (χ2n) is 7.76. The third-order valence-electron chi connectivity index (χ3n) is 5.61. The van der Waals surface area contributed by atoms with Gasteiger partial charge in [-0.2, -0.15) is 0 Å². The lowest BCUT2D eigenvalue weighted by molar-refractivity contribution is 0.172. The Balaban J connectivity index is 1.32. The number of halogens is 1. The Morgan fingerprint density at radius 1 is 1.16 bits per heavy atom. The molecule has 0 unspecified atom stereocenters. The molecular weight excluding hydrogens is 409 g/mol. The zero-order valence-corrected chi connectivity index (χ0v) is 18.7. The van der Waals surface area contributed by atoms with Crippen LogP contribution in [-0.4, -0.2) is 76.7 Å². The van der Waals surface area contributed by atoms with Gasteiger partial charge in [-0.15, -0.1) is 10.2 Å². The normalized spacial score (nSPS) is 15.3. The van der Waals surface area contributed by atoms with Crippen LogP contribution >= 0.6 is 0 Å². The van der Waals surface area contributed by atoms with E-state index < -0.39 is 0 Å². The number of hydrogen-bond donors (Lipinski definition) is 1. The number of nitrogens with one attached hydrogen (secondary N) is 1. The molecule has 1 saturated heterocycles. The lowest BCUT2D eigenvalue weighted by atomic mass is 10.2. The molecule has 170 valence electrons. The maximum atomic E-state index is 14.0. The predicted molar refractivity (Wildman–Crippen MR) is 122 cm³/mol. The lowest BCUT2D eigenvalue weighted by Gasteiger charge is -2.36. The van der Waals surface area contributed by atoms with E-state index in [9.17, 15) is 4.39 Å². The number of hydrogen-bond acceptors (Lipinski definition) is 5. The monoisotopic (exact) mass is 439 g/mol. The molecule has 1 N–H and O–H groups in total. The fraction of sp³-hybridized carbons (Fsp3) is 0.435. The molecule has 3 heterocycles. The molecule has 0 spiro atoms. The zero-order valence-electron chi connectivity index (χ0n) is 18.7. The molecule has 0 amide bonds. The quantitative estimate of drug-likeness (QED) is 0.450. The van der Waals surface area contributed by atoms with E-state index in [1.165, 1.54) is 7.11 Å². The van der Waals surface area contributed by atoms with Gasteiger partial charge in [-0.25, -0.2) is 4.39 Å². The molecule has 0 saturated carbocycles. The molecule has 32 heavy (non-hydrogen) atoms. The standard InChI is InChI=1S/C23H30FN7O/c1-3-25-23(26-10-9-22-28-27-21-6-4-5-11-31(21)22)30-14-12-29(13-15-30)17-18-7-8-20(32-2)19(24)16-18/h4-8,11,16H,3,9-10,12-15,17H2,1-2H3,(H,25,26). The summed E-state index contributed by atoms with van der Waals surface area (Å²) in [6, 6.07) is 11.1. The minimum atomic E-state index is -0.314. The molecule has 0 bridgehead atoms. The van der Waals surface area contributed by atoms with Gasteiger partial charge in [0.1, 0.15) is 5.82 Å². The van der Waals surface area contributed by atoms with Crippen molar-refractivity contribution in [2.45, 2.75) is 19.9 Å². The van der Waals surface area contributed by atoms with Crippen LogP contribution in [0.2, 0.25) is 0 Å². The van der Waals surface area contributed by atoms with Gasteiger partial charge >= 0.3 is 0 Å². The number of benzene rings is 1. The van der Waals surface area contributed by atoms with E-state index >= 15 is 0 Å². The molecule has 1 aliphatic rings. The van der Waals surface area contributed by atoms with Crippen molar-refractivity contribution in [2.75, 3.05) is 46.4 Å². The summed E-state index contributed by atoms with van der Waals surface area (Å²) in [5.41, 5.74) is 1.81. The topological polar surface area (TPSA) is 70.3 Å². The average molecular weight is 440 g/mol. The molecule has 0 aliphatic carbocycles. The molecule has 9 heteroatoms. The minimum absolute atomic E-state index is 0.282. The van der Waals surface area contributed by atoms with Gasteiger partial charge in [0, 0.05) is 58.4 Å². The highest BCUT2D eigenvalue weighted by molar-refractivity contribution is 5.80. The highest BCUT2D eigenvalue weighted by atomic mass is 19.1. The van der Waals surface area contributed by atoms with Gasteiger partial charge in [-0.05, 0) is 36.8 Å². The number of nitrogens with zero attached hydrogens (tertiary/aromatic N) is 6. The summed E-state index contributed by atoms with van der Waals surface area (Å²) in [5.74, 6) is 1.81. The summed E-state index contributed by atoms with van der Waals surface area (Å²) >= 11 is 0. The Bertz CT molecular complexity index is 1060. The predicted octanol–water partition coefficient (Wildman–Crippen LogP) is 2.20. The minimum Gasteiger partial charge on any atom is -0.494 e. The largest absolute Gasteiger partial charge is 0.494 e. The molecule has 0 atom stereocenters. The van der Waals surface area contributed by atoms with E-state index in [1.807, 2.05) is 34.9 Å². The van der Waals surface area contributed by atoms with Crippen molar-refractivity contribution in [3.8, 4) is 5.75 Å². The van der Waals surface area contributed by atoms with E-state index in [-0.39, 0.29) is 11.6 Å². The van der Waals surface area contributed by atoms with Crippen LogP contribution in [0.1, 0.15) is 18.3 Å². The van der Waals surface area contributed by atoms with Crippen molar-refractivity contribution in [1.82, 2.24) is 29.7 Å². The Hall–Kier alpha value is -3.20. The Labute approximate surface area is 187 Å². The number of aromatic nitrogens is 3. The number of pyridine rings is 1. The van der Waals surface area contributed by atoms with Crippen LogP contribution in [0.4, 0.5) is 4.39 Å². The van der Waals surface area contributed by atoms with E-state index in [4.69, 9.17) is 9.73 Å². The van der Waals surface area contributed by atoms with Crippen molar-refractivity contribution < 1.29 is 9.13 Å². The van der Waals surface area contributed by atoms with Gasteiger partial charge in [-0.3, -0.25) is 14.3 Å². The molecule has 1 aliphatic heterocycles. The fourth-order valence-electron chi connectivity index (χ4n) is 3.93. The lowest BCUT2D eigenvalue weighted by Crippen LogP contribution is -2.52. The SMILES string of the molecule is CCNC(=NCCc1nnc2ccccn12)N1CCN(Cc2ccc(OC)c(F)c2)CC1. The first kappa shape index (κ1) is 22.0. The van der Waals surface area contributed by atoms with Gasteiger partial charge in [0.05, 0.1) is 7.11 Å². The van der Waals surface area contributed by atoms with Crippen molar-refractivity contribution in [3.63, 3.8) is 0 Å². The third kappa shape index (κ3) is 5.16. The van der Waals surface area contributed by atoms with Crippen LogP contribution in [0.15, 0.2) is 47.6 Å². The van der Waals surface area contributed by atoms with Crippen molar-refractivity contribution in [1.29, 1.82) is 0 Å². The fourth-order valence-corrected chi connectivity index (χ4v) is 3.93. The number of methoxy groups -OCH3 is 1. The zero-order chi connectivity index (χ0) is 22.3. The van der Waals surface area contributed by atoms with Gasteiger partial charge in [-0.1, -0.05) is 12.1 Å². The van der Waals surface area contributed by atoms with Gasteiger partial charge < -0.3 is 15.0 Å². The molecule has 8 nitrogen and oxygen atoms in total. The van der Waals surface area contributed by atoms with Crippen LogP contribution in [0.5, 0.6) is 5.75 Å². The Kier molecular flexibility index (Phi) is 7.16. The maximum Gasteiger partial charge on any atom is 0.194 e. The Morgan fingerprint density at radius 2 is 2.00 bits per heavy atom.